The second kappa shape index (κ2) is 5.80. The van der Waals surface area contributed by atoms with Crippen molar-refractivity contribution in [1.82, 2.24) is 10.2 Å². The van der Waals surface area contributed by atoms with Crippen molar-refractivity contribution < 1.29 is 4.79 Å². The average Bonchev–Trinajstić information content (AvgIpc) is 3.15. The van der Waals surface area contributed by atoms with Gasteiger partial charge in [0.1, 0.15) is 5.54 Å². The van der Waals surface area contributed by atoms with E-state index in [9.17, 15) is 4.79 Å². The van der Waals surface area contributed by atoms with Crippen molar-refractivity contribution in [2.45, 2.75) is 58.0 Å². The monoisotopic (exact) mass is 267 g/mol. The fourth-order valence-corrected chi connectivity index (χ4v) is 3.60. The molecule has 1 saturated heterocycles. The Balaban J connectivity index is 2.09. The maximum absolute atomic E-state index is 12.1. The first-order valence-corrected chi connectivity index (χ1v) is 7.78. The van der Waals surface area contributed by atoms with Crippen LogP contribution in [0.1, 0.15) is 46.5 Å². The lowest BCUT2D eigenvalue weighted by atomic mass is 9.87. The number of nitrogens with zero attached hydrogens (tertiary/aromatic N) is 1. The fourth-order valence-electron chi connectivity index (χ4n) is 3.60. The molecule has 2 fully saturated rings. The molecule has 1 aliphatic carbocycles. The maximum Gasteiger partial charge on any atom is 0.239 e. The molecule has 19 heavy (non-hydrogen) atoms. The third-order valence-corrected chi connectivity index (χ3v) is 4.93. The number of likely N-dealkylation sites (N-methyl/N-ethyl adjacent to an activating group) is 1. The summed E-state index contributed by atoms with van der Waals surface area (Å²) in [5, 5.41) is 3.42. The van der Waals surface area contributed by atoms with Gasteiger partial charge in [-0.25, -0.2) is 0 Å². The van der Waals surface area contributed by atoms with Crippen LogP contribution in [0.25, 0.3) is 0 Å². The van der Waals surface area contributed by atoms with Crippen LogP contribution < -0.4 is 11.1 Å². The summed E-state index contributed by atoms with van der Waals surface area (Å²) in [6, 6.07) is 0.555. The molecule has 2 aliphatic rings. The highest BCUT2D eigenvalue weighted by molar-refractivity contribution is 5.86. The normalized spacial score (nSPS) is 31.9. The van der Waals surface area contributed by atoms with Gasteiger partial charge >= 0.3 is 0 Å². The Labute approximate surface area is 117 Å². The zero-order valence-electron chi connectivity index (χ0n) is 12.6. The Kier molecular flexibility index (Phi) is 4.51. The topological polar surface area (TPSA) is 58.4 Å². The second-order valence-electron chi connectivity index (χ2n) is 6.59. The molecular formula is C15H29N3O. The molecular weight excluding hydrogens is 238 g/mol. The molecule has 1 heterocycles. The van der Waals surface area contributed by atoms with Crippen LogP contribution in [-0.4, -0.2) is 42.0 Å². The third-order valence-electron chi connectivity index (χ3n) is 4.93. The Bertz CT molecular complexity index is 329. The van der Waals surface area contributed by atoms with Crippen molar-refractivity contribution in [3.63, 3.8) is 0 Å². The number of rotatable bonds is 6. The lowest BCUT2D eigenvalue weighted by Gasteiger charge is -2.43. The predicted octanol–water partition coefficient (Wildman–Crippen LogP) is 1.35. The molecule has 0 aromatic heterocycles. The van der Waals surface area contributed by atoms with E-state index in [1.54, 1.807) is 0 Å². The molecule has 1 amide bonds. The first kappa shape index (κ1) is 14.8. The molecule has 4 nitrogen and oxygen atoms in total. The fraction of sp³-hybridized carbons (Fsp3) is 0.933. The summed E-state index contributed by atoms with van der Waals surface area (Å²) in [6.07, 6.45) is 4.73. The van der Waals surface area contributed by atoms with E-state index in [-0.39, 0.29) is 5.91 Å². The van der Waals surface area contributed by atoms with E-state index in [4.69, 9.17) is 5.73 Å². The van der Waals surface area contributed by atoms with Gasteiger partial charge in [-0.15, -0.1) is 0 Å². The van der Waals surface area contributed by atoms with E-state index >= 15 is 0 Å². The first-order valence-electron chi connectivity index (χ1n) is 7.78. The van der Waals surface area contributed by atoms with E-state index in [2.05, 4.69) is 31.0 Å². The zero-order chi connectivity index (χ0) is 14.0. The van der Waals surface area contributed by atoms with Crippen LogP contribution in [0.5, 0.6) is 0 Å². The number of likely N-dealkylation sites (tertiary alicyclic amines) is 1. The average molecular weight is 267 g/mol. The lowest BCUT2D eigenvalue weighted by Crippen LogP contribution is -2.64. The summed E-state index contributed by atoms with van der Waals surface area (Å²) in [6.45, 7) is 9.34. The van der Waals surface area contributed by atoms with Crippen LogP contribution in [0, 0.1) is 11.8 Å². The summed E-state index contributed by atoms with van der Waals surface area (Å²) in [5.41, 5.74) is 5.26. The van der Waals surface area contributed by atoms with E-state index in [0.717, 1.165) is 38.4 Å². The molecule has 1 saturated carbocycles. The van der Waals surface area contributed by atoms with E-state index in [0.29, 0.717) is 12.0 Å². The molecule has 110 valence electrons. The van der Waals surface area contributed by atoms with E-state index < -0.39 is 5.54 Å². The number of primary amides is 1. The van der Waals surface area contributed by atoms with Gasteiger partial charge in [-0.2, -0.15) is 0 Å². The summed E-state index contributed by atoms with van der Waals surface area (Å²) in [5.74, 6) is 1.08. The number of piperidine rings is 1. The molecule has 0 aromatic rings. The summed E-state index contributed by atoms with van der Waals surface area (Å²) in [7, 11) is 0. The Morgan fingerprint density at radius 1 is 1.37 bits per heavy atom. The van der Waals surface area contributed by atoms with Crippen LogP contribution >= 0.6 is 0 Å². The van der Waals surface area contributed by atoms with Gasteiger partial charge in [-0.1, -0.05) is 13.8 Å². The molecule has 3 N–H and O–H groups in total. The summed E-state index contributed by atoms with van der Waals surface area (Å²) >= 11 is 0. The van der Waals surface area contributed by atoms with Gasteiger partial charge in [0.15, 0.2) is 0 Å². The van der Waals surface area contributed by atoms with Crippen LogP contribution in [0.15, 0.2) is 0 Å². The van der Waals surface area contributed by atoms with Gasteiger partial charge in [-0.3, -0.25) is 9.69 Å². The van der Waals surface area contributed by atoms with E-state index in [1.807, 2.05) is 0 Å². The molecule has 0 spiro atoms. The number of hydrogen-bond acceptors (Lipinski definition) is 3. The Morgan fingerprint density at radius 3 is 2.53 bits per heavy atom. The standard InChI is InChI=1S/C15H29N3O/c1-4-17-15(14(16)19,13-5-6-13)10-18-8-7-11(2)9-12(18)3/h11-13,17H,4-10H2,1-3H3,(H2,16,19). The zero-order valence-corrected chi connectivity index (χ0v) is 12.6. The highest BCUT2D eigenvalue weighted by Crippen LogP contribution is 2.41. The maximum atomic E-state index is 12.1. The van der Waals surface area contributed by atoms with Crippen LogP contribution in [0.4, 0.5) is 0 Å². The molecule has 0 radical (unpaired) electrons. The second-order valence-corrected chi connectivity index (χ2v) is 6.59. The molecule has 1 aliphatic heterocycles. The van der Waals surface area contributed by atoms with Crippen molar-refractivity contribution in [3.8, 4) is 0 Å². The predicted molar refractivity (Wildman–Crippen MR) is 77.8 cm³/mol. The van der Waals surface area contributed by atoms with Gasteiger partial charge in [0, 0.05) is 12.6 Å². The minimum absolute atomic E-state index is 0.164. The number of nitrogens with one attached hydrogen (secondary N) is 1. The molecule has 4 heteroatoms. The number of hydrogen-bond donors (Lipinski definition) is 2. The number of carbonyl (C=O) groups is 1. The SMILES string of the molecule is CCNC(CN1CCC(C)CC1C)(C(N)=O)C1CC1. The van der Waals surface area contributed by atoms with Crippen LogP contribution in [0.3, 0.4) is 0 Å². The summed E-state index contributed by atoms with van der Waals surface area (Å²) in [4.78, 5) is 14.5. The Hall–Kier alpha value is -0.610. The van der Waals surface area contributed by atoms with Crippen molar-refractivity contribution >= 4 is 5.91 Å². The first-order chi connectivity index (χ1) is 8.99. The number of nitrogens with two attached hydrogens (primary N) is 1. The quantitative estimate of drug-likeness (QED) is 0.764. The van der Waals surface area contributed by atoms with Gasteiger partial charge in [0.05, 0.1) is 0 Å². The number of carbonyl (C=O) groups excluding carboxylic acids is 1. The molecule has 0 bridgehead atoms. The van der Waals surface area contributed by atoms with Crippen molar-refractivity contribution in [1.29, 1.82) is 0 Å². The van der Waals surface area contributed by atoms with E-state index in [1.165, 1.54) is 12.8 Å². The molecule has 2 rings (SSSR count). The Morgan fingerprint density at radius 2 is 2.05 bits per heavy atom. The van der Waals surface area contributed by atoms with Gasteiger partial charge in [-0.05, 0) is 57.5 Å². The highest BCUT2D eigenvalue weighted by Gasteiger charge is 2.50. The van der Waals surface area contributed by atoms with Gasteiger partial charge in [0.2, 0.25) is 5.91 Å². The van der Waals surface area contributed by atoms with Crippen LogP contribution in [-0.2, 0) is 4.79 Å². The number of amides is 1. The van der Waals surface area contributed by atoms with Gasteiger partial charge in [0.25, 0.3) is 0 Å². The third kappa shape index (κ3) is 3.11. The molecule has 3 unspecified atom stereocenters. The van der Waals surface area contributed by atoms with Crippen LogP contribution in [0.2, 0.25) is 0 Å². The highest BCUT2D eigenvalue weighted by atomic mass is 16.1. The molecule has 0 aromatic carbocycles. The summed E-state index contributed by atoms with van der Waals surface area (Å²) < 4.78 is 0. The minimum Gasteiger partial charge on any atom is -0.368 e. The molecule has 3 atom stereocenters. The largest absolute Gasteiger partial charge is 0.368 e. The van der Waals surface area contributed by atoms with Crippen molar-refractivity contribution in [2.24, 2.45) is 17.6 Å². The van der Waals surface area contributed by atoms with Gasteiger partial charge < -0.3 is 11.1 Å². The minimum atomic E-state index is -0.496. The van der Waals surface area contributed by atoms with Crippen molar-refractivity contribution in [2.75, 3.05) is 19.6 Å². The smallest absolute Gasteiger partial charge is 0.239 e. The van der Waals surface area contributed by atoms with Crippen molar-refractivity contribution in [3.05, 3.63) is 0 Å². The lowest BCUT2D eigenvalue weighted by molar-refractivity contribution is -0.126.